The first-order valence-corrected chi connectivity index (χ1v) is 11.2. The van der Waals surface area contributed by atoms with Crippen LogP contribution in [0.1, 0.15) is 23.8 Å². The highest BCUT2D eigenvalue weighted by atomic mass is 35.5. The number of urea groups is 1. The van der Waals surface area contributed by atoms with Crippen LogP contribution >= 0.6 is 22.9 Å². The highest BCUT2D eigenvalue weighted by Crippen LogP contribution is 2.35. The molecule has 1 aromatic carbocycles. The number of carbonyl (C=O) groups is 2. The third kappa shape index (κ3) is 3.88. The van der Waals surface area contributed by atoms with Crippen molar-refractivity contribution in [2.75, 3.05) is 12.3 Å². The Morgan fingerprint density at radius 3 is 2.59 bits per heavy atom. The van der Waals surface area contributed by atoms with Crippen molar-refractivity contribution in [1.82, 2.24) is 10.2 Å². The number of aryl methyl sites for hydroxylation is 1. The summed E-state index contributed by atoms with van der Waals surface area (Å²) in [4.78, 5) is 27.0. The van der Waals surface area contributed by atoms with E-state index in [1.54, 1.807) is 37.3 Å². The van der Waals surface area contributed by atoms with Crippen LogP contribution in [0.3, 0.4) is 0 Å². The molecule has 1 aliphatic rings. The lowest BCUT2D eigenvalue weighted by molar-refractivity contribution is -0.130. The van der Waals surface area contributed by atoms with Gasteiger partial charge in [0.15, 0.2) is 15.4 Å². The van der Waals surface area contributed by atoms with Gasteiger partial charge in [-0.1, -0.05) is 23.7 Å². The average molecular weight is 427 g/mol. The van der Waals surface area contributed by atoms with E-state index in [1.165, 1.54) is 11.3 Å². The topological polar surface area (TPSA) is 83.6 Å². The van der Waals surface area contributed by atoms with Crippen LogP contribution in [0.4, 0.5) is 4.79 Å². The van der Waals surface area contributed by atoms with Gasteiger partial charge < -0.3 is 5.32 Å². The van der Waals surface area contributed by atoms with E-state index >= 15 is 0 Å². The van der Waals surface area contributed by atoms with Gasteiger partial charge in [0.05, 0.1) is 15.0 Å². The Balaban J connectivity index is 1.68. The maximum Gasteiger partial charge on any atom is 0.325 e. The van der Waals surface area contributed by atoms with E-state index in [0.717, 1.165) is 10.5 Å². The first kappa shape index (κ1) is 19.9. The van der Waals surface area contributed by atoms with Crippen LogP contribution in [0.15, 0.2) is 41.3 Å². The van der Waals surface area contributed by atoms with Gasteiger partial charge in [-0.25, -0.2) is 13.2 Å². The monoisotopic (exact) mass is 426 g/mol. The van der Waals surface area contributed by atoms with Crippen LogP contribution < -0.4 is 5.32 Å². The third-order valence-electron chi connectivity index (χ3n) is 4.48. The Kier molecular flexibility index (Phi) is 5.33. The Morgan fingerprint density at radius 1 is 1.22 bits per heavy atom. The zero-order valence-electron chi connectivity index (χ0n) is 14.9. The second-order valence-electron chi connectivity index (χ2n) is 6.60. The predicted octanol–water partition coefficient (Wildman–Crippen LogP) is 3.34. The van der Waals surface area contributed by atoms with Gasteiger partial charge in [0, 0.05) is 11.4 Å². The first-order chi connectivity index (χ1) is 12.6. The van der Waals surface area contributed by atoms with Crippen LogP contribution in [0.5, 0.6) is 0 Å². The minimum Gasteiger partial charge on any atom is -0.319 e. The zero-order valence-corrected chi connectivity index (χ0v) is 17.2. The van der Waals surface area contributed by atoms with Gasteiger partial charge in [-0.3, -0.25) is 9.69 Å². The maximum absolute atomic E-state index is 12.8. The fraction of sp³-hybridized carbons (Fsp3) is 0.333. The number of amides is 3. The standard InChI is InChI=1S/C18H19ClN2O4S2/c1-12-5-3-6-13(11-12)27(24,25)10-4-9-21-16(22)18(2,20-17(21)23)14-7-8-15(19)26-14/h3,5-8,11H,4,9-10H2,1-2H3,(H,20,23). The molecule has 0 spiro atoms. The molecule has 3 rings (SSSR count). The Labute approximate surface area is 167 Å². The fourth-order valence-electron chi connectivity index (χ4n) is 2.99. The van der Waals surface area contributed by atoms with Gasteiger partial charge in [0.1, 0.15) is 0 Å². The third-order valence-corrected chi connectivity index (χ3v) is 7.74. The van der Waals surface area contributed by atoms with E-state index in [9.17, 15) is 18.0 Å². The smallest absolute Gasteiger partial charge is 0.319 e. The minimum absolute atomic E-state index is 0.0322. The molecule has 6 nitrogen and oxygen atoms in total. The number of nitrogens with one attached hydrogen (secondary N) is 1. The second-order valence-corrected chi connectivity index (χ2v) is 10.4. The number of carbonyl (C=O) groups excluding carboxylic acids is 2. The minimum atomic E-state index is -3.47. The summed E-state index contributed by atoms with van der Waals surface area (Å²) in [6.45, 7) is 3.48. The average Bonchev–Trinajstić information content (AvgIpc) is 3.12. The van der Waals surface area contributed by atoms with E-state index in [0.29, 0.717) is 9.21 Å². The Bertz CT molecular complexity index is 1000. The van der Waals surface area contributed by atoms with Gasteiger partial charge in [-0.2, -0.15) is 0 Å². The van der Waals surface area contributed by atoms with E-state index < -0.39 is 27.3 Å². The molecule has 0 aliphatic carbocycles. The molecule has 1 fully saturated rings. The molecule has 1 saturated heterocycles. The molecule has 0 radical (unpaired) electrons. The van der Waals surface area contributed by atoms with Crippen molar-refractivity contribution in [2.24, 2.45) is 0 Å². The van der Waals surface area contributed by atoms with E-state index in [1.807, 2.05) is 13.0 Å². The van der Waals surface area contributed by atoms with Gasteiger partial charge in [-0.05, 0) is 50.1 Å². The summed E-state index contributed by atoms with van der Waals surface area (Å²) < 4.78 is 25.4. The lowest BCUT2D eigenvalue weighted by Crippen LogP contribution is -2.40. The summed E-state index contributed by atoms with van der Waals surface area (Å²) in [7, 11) is -3.47. The molecule has 1 aliphatic heterocycles. The molecule has 9 heteroatoms. The van der Waals surface area contributed by atoms with Crippen molar-refractivity contribution in [3.05, 3.63) is 51.2 Å². The first-order valence-electron chi connectivity index (χ1n) is 8.33. The molecule has 1 N–H and O–H groups in total. The number of nitrogens with zero attached hydrogens (tertiary/aromatic N) is 1. The molecule has 2 heterocycles. The van der Waals surface area contributed by atoms with Gasteiger partial charge >= 0.3 is 6.03 Å². The van der Waals surface area contributed by atoms with Crippen molar-refractivity contribution in [3.8, 4) is 0 Å². The molecule has 1 atom stereocenters. The molecule has 3 amide bonds. The Morgan fingerprint density at radius 2 is 1.96 bits per heavy atom. The largest absolute Gasteiger partial charge is 0.325 e. The van der Waals surface area contributed by atoms with E-state index in [4.69, 9.17) is 11.6 Å². The summed E-state index contributed by atoms with van der Waals surface area (Å²) in [6.07, 6.45) is 0.163. The number of rotatable bonds is 6. The summed E-state index contributed by atoms with van der Waals surface area (Å²) in [5.74, 6) is -0.548. The molecule has 0 bridgehead atoms. The number of hydrogen-bond acceptors (Lipinski definition) is 5. The molecular weight excluding hydrogens is 408 g/mol. The highest BCUT2D eigenvalue weighted by molar-refractivity contribution is 7.91. The molecule has 1 aromatic heterocycles. The summed E-state index contributed by atoms with van der Waals surface area (Å²) in [5.41, 5.74) is -0.319. The second kappa shape index (κ2) is 7.26. The predicted molar refractivity (Wildman–Crippen MR) is 105 cm³/mol. The number of benzene rings is 1. The van der Waals surface area contributed by atoms with Crippen molar-refractivity contribution in [2.45, 2.75) is 30.7 Å². The molecule has 1 unspecified atom stereocenters. The molecule has 0 saturated carbocycles. The zero-order chi connectivity index (χ0) is 19.8. The van der Waals surface area contributed by atoms with Gasteiger partial charge in [-0.15, -0.1) is 11.3 Å². The van der Waals surface area contributed by atoms with Crippen molar-refractivity contribution in [3.63, 3.8) is 0 Å². The maximum atomic E-state index is 12.8. The van der Waals surface area contributed by atoms with Crippen LogP contribution in [0.25, 0.3) is 0 Å². The number of hydrogen-bond donors (Lipinski definition) is 1. The molecule has 144 valence electrons. The van der Waals surface area contributed by atoms with E-state index in [-0.39, 0.29) is 23.6 Å². The van der Waals surface area contributed by atoms with Crippen molar-refractivity contribution < 1.29 is 18.0 Å². The van der Waals surface area contributed by atoms with Crippen LogP contribution in [0, 0.1) is 6.92 Å². The van der Waals surface area contributed by atoms with Gasteiger partial charge in [0.25, 0.3) is 5.91 Å². The number of sulfone groups is 1. The van der Waals surface area contributed by atoms with Crippen LogP contribution in [0.2, 0.25) is 4.34 Å². The summed E-state index contributed by atoms with van der Waals surface area (Å²) in [5, 5.41) is 2.69. The molecular formula is C18H19ClN2O4S2. The molecule has 2 aromatic rings. The number of thiophene rings is 1. The van der Waals surface area contributed by atoms with Crippen LogP contribution in [-0.2, 0) is 20.2 Å². The van der Waals surface area contributed by atoms with Crippen molar-refractivity contribution >= 4 is 44.7 Å². The quantitative estimate of drug-likeness (QED) is 0.718. The Hall–Kier alpha value is -1.90. The normalized spacial score (nSPS) is 20.2. The number of halogens is 1. The lowest BCUT2D eigenvalue weighted by atomic mass is 10.0. The van der Waals surface area contributed by atoms with Gasteiger partial charge in [0.2, 0.25) is 0 Å². The summed E-state index contributed by atoms with van der Waals surface area (Å²) in [6, 6.07) is 9.52. The fourth-order valence-corrected chi connectivity index (χ4v) is 5.52. The number of imide groups is 1. The SMILES string of the molecule is Cc1cccc(S(=O)(=O)CCCN2C(=O)NC(C)(c3ccc(Cl)s3)C2=O)c1. The van der Waals surface area contributed by atoms with Crippen LogP contribution in [-0.4, -0.2) is 37.6 Å². The van der Waals surface area contributed by atoms with E-state index in [2.05, 4.69) is 5.32 Å². The van der Waals surface area contributed by atoms with Crippen molar-refractivity contribution in [1.29, 1.82) is 0 Å². The molecule has 27 heavy (non-hydrogen) atoms. The summed E-state index contributed by atoms with van der Waals surface area (Å²) >= 11 is 7.16. The highest BCUT2D eigenvalue weighted by Gasteiger charge is 2.49. The lowest BCUT2D eigenvalue weighted by Gasteiger charge is -2.20.